The molecule has 394 valence electrons. The van der Waals surface area contributed by atoms with Crippen LogP contribution in [0.5, 0.6) is 17.2 Å². The van der Waals surface area contributed by atoms with Crippen LogP contribution in [0.15, 0.2) is 85.7 Å². The zero-order chi connectivity index (χ0) is 52.7. The number of nitrogen functional groups attached to an aromatic ring is 1. The quantitative estimate of drug-likeness (QED) is 0.0333. The Balaban J connectivity index is 0.658. The second kappa shape index (κ2) is 25.8. The van der Waals surface area contributed by atoms with Gasteiger partial charge in [-0.2, -0.15) is 5.10 Å². The van der Waals surface area contributed by atoms with Gasteiger partial charge in [0.2, 0.25) is 17.7 Å². The Morgan fingerprint density at radius 2 is 1.51 bits per heavy atom. The SMILES string of the molecule is C=CC(=O)Cc1cc(-c2nn(C3CCN(CC(=O)NCCCOCCOCCOCCCNC(=O)COc4cccc5c4C(=O)N(C4CCC(=O)NC4=O)C5=O)CC3)c3ncnc(N)c23)ccc1Oc1ccccc1. The molecule has 22 heteroatoms. The number of anilines is 1. The smallest absolute Gasteiger partial charge is 0.266 e. The standard InChI is InChI=1S/C53H60N10O12/c1-2-37(64)30-35-29-34(13-15-41(35)75-38-9-4-3-5-10-38)48-47-49(54)57-33-58-50(47)63(60-48)36-17-21-61(22-18-36)31-44(66)55-19-7-23-71-25-27-73-28-26-72-24-8-20-56-45(67)32-74-42-12-6-11-39-46(42)53(70)62(52(39)69)40-14-16-43(65)59-51(40)68/h2-6,9-13,15,29,33,36,40H,1,7-8,14,16-28,30-32H2,(H,55,66)(H,56,67)(H2,54,57,58)(H,59,65,68). The summed E-state index contributed by atoms with van der Waals surface area (Å²) >= 11 is 0. The number of ketones is 1. The maximum Gasteiger partial charge on any atom is 0.266 e. The van der Waals surface area contributed by atoms with Crippen LogP contribution in [0.1, 0.15) is 70.8 Å². The zero-order valence-electron chi connectivity index (χ0n) is 41.5. The molecule has 0 saturated carbocycles. The number of imide groups is 2. The average Bonchev–Trinajstić information content (AvgIpc) is 3.93. The molecule has 1 unspecified atom stereocenters. The van der Waals surface area contributed by atoms with Crippen molar-refractivity contribution in [2.24, 2.45) is 0 Å². The van der Waals surface area contributed by atoms with Gasteiger partial charge in [-0.15, -0.1) is 0 Å². The average molecular weight is 1030 g/mol. The number of aromatic nitrogens is 4. The molecular formula is C53H60N10O12. The number of fused-ring (bicyclic) bond motifs is 2. The molecule has 2 saturated heterocycles. The van der Waals surface area contributed by atoms with Gasteiger partial charge in [0.15, 0.2) is 18.0 Å². The summed E-state index contributed by atoms with van der Waals surface area (Å²) in [7, 11) is 0. The molecule has 0 spiro atoms. The molecule has 8 rings (SSSR count). The predicted octanol–water partition coefficient (Wildman–Crippen LogP) is 3.34. The van der Waals surface area contributed by atoms with E-state index < -0.39 is 42.2 Å². The van der Waals surface area contributed by atoms with Gasteiger partial charge in [-0.3, -0.25) is 48.7 Å². The number of piperidine rings is 2. The fourth-order valence-corrected chi connectivity index (χ4v) is 9.02. The van der Waals surface area contributed by atoms with Crippen LogP contribution in [0.4, 0.5) is 5.82 Å². The molecule has 5 heterocycles. The van der Waals surface area contributed by atoms with E-state index in [0.717, 1.165) is 23.3 Å². The van der Waals surface area contributed by atoms with Crippen molar-refractivity contribution < 1.29 is 57.2 Å². The van der Waals surface area contributed by atoms with Crippen molar-refractivity contribution in [3.05, 3.63) is 102 Å². The Morgan fingerprint density at radius 3 is 2.21 bits per heavy atom. The highest BCUT2D eigenvalue weighted by atomic mass is 16.5. The number of carbonyl (C=O) groups is 7. The van der Waals surface area contributed by atoms with Gasteiger partial charge < -0.3 is 40.1 Å². The highest BCUT2D eigenvalue weighted by Crippen LogP contribution is 2.38. The van der Waals surface area contributed by atoms with Crippen LogP contribution in [0.3, 0.4) is 0 Å². The van der Waals surface area contributed by atoms with Crippen LogP contribution in [-0.4, -0.2) is 156 Å². The number of amides is 6. The van der Waals surface area contributed by atoms with E-state index in [1.54, 1.807) is 0 Å². The number of para-hydroxylation sites is 1. The Kier molecular flexibility index (Phi) is 18.4. The summed E-state index contributed by atoms with van der Waals surface area (Å²) in [6.45, 7) is 8.04. The molecule has 5 aromatic rings. The molecule has 0 aliphatic carbocycles. The number of nitrogens with two attached hydrogens (primary N) is 1. The maximum absolute atomic E-state index is 13.2. The number of hydrogen-bond acceptors (Lipinski definition) is 17. The van der Waals surface area contributed by atoms with Crippen LogP contribution in [-0.2, 0) is 44.6 Å². The van der Waals surface area contributed by atoms with Crippen molar-refractivity contribution in [3.8, 4) is 28.5 Å². The van der Waals surface area contributed by atoms with Gasteiger partial charge in [-0.05, 0) is 80.6 Å². The number of nitrogens with zero attached hydrogens (tertiary/aromatic N) is 6. The topological polar surface area (TPSA) is 278 Å². The molecule has 2 aromatic heterocycles. The van der Waals surface area contributed by atoms with E-state index in [1.807, 2.05) is 53.2 Å². The van der Waals surface area contributed by atoms with Crippen LogP contribution in [0.25, 0.3) is 22.3 Å². The number of ether oxygens (including phenoxy) is 5. The summed E-state index contributed by atoms with van der Waals surface area (Å²) in [5, 5.41) is 13.5. The lowest BCUT2D eigenvalue weighted by molar-refractivity contribution is -0.136. The summed E-state index contributed by atoms with van der Waals surface area (Å²) in [5.74, 6) is -1.67. The lowest BCUT2D eigenvalue weighted by atomic mass is 10.0. The number of rotatable bonds is 27. The third-order valence-electron chi connectivity index (χ3n) is 12.8. The molecule has 0 bridgehead atoms. The number of benzene rings is 3. The third kappa shape index (κ3) is 13.6. The molecular weight excluding hydrogens is 969 g/mol. The summed E-state index contributed by atoms with van der Waals surface area (Å²) in [6.07, 6.45) is 5.51. The molecule has 75 heavy (non-hydrogen) atoms. The molecule has 3 aliphatic heterocycles. The largest absolute Gasteiger partial charge is 0.483 e. The molecule has 22 nitrogen and oxygen atoms in total. The van der Waals surface area contributed by atoms with E-state index in [-0.39, 0.29) is 60.4 Å². The highest BCUT2D eigenvalue weighted by molar-refractivity contribution is 6.24. The first-order valence-corrected chi connectivity index (χ1v) is 25.0. The Labute approximate surface area is 432 Å². The second-order valence-corrected chi connectivity index (χ2v) is 18.0. The summed E-state index contributed by atoms with van der Waals surface area (Å²) in [5.41, 5.74) is 9.12. The van der Waals surface area contributed by atoms with Crippen LogP contribution < -0.4 is 31.2 Å². The lowest BCUT2D eigenvalue weighted by Gasteiger charge is -2.31. The number of likely N-dealkylation sites (tertiary alicyclic amines) is 1. The van der Waals surface area contributed by atoms with E-state index in [1.165, 1.54) is 30.6 Å². The van der Waals surface area contributed by atoms with Gasteiger partial charge in [0.1, 0.15) is 41.1 Å². The Hall–Kier alpha value is -7.92. The molecule has 3 aliphatic rings. The third-order valence-corrected chi connectivity index (χ3v) is 12.8. The molecule has 2 fully saturated rings. The lowest BCUT2D eigenvalue weighted by Crippen LogP contribution is -2.54. The summed E-state index contributed by atoms with van der Waals surface area (Å²) in [4.78, 5) is 99.9. The van der Waals surface area contributed by atoms with Crippen molar-refractivity contribution >= 4 is 58.1 Å². The van der Waals surface area contributed by atoms with E-state index in [0.29, 0.717) is 118 Å². The number of allylic oxidation sites excluding steroid dienone is 1. The Morgan fingerprint density at radius 1 is 0.800 bits per heavy atom. The van der Waals surface area contributed by atoms with Gasteiger partial charge in [0.05, 0.1) is 55.5 Å². The zero-order valence-corrected chi connectivity index (χ0v) is 41.5. The minimum Gasteiger partial charge on any atom is -0.483 e. The van der Waals surface area contributed by atoms with Crippen molar-refractivity contribution in [2.75, 3.05) is 84.7 Å². The van der Waals surface area contributed by atoms with Crippen LogP contribution in [0, 0.1) is 0 Å². The first-order valence-electron chi connectivity index (χ1n) is 25.0. The summed E-state index contributed by atoms with van der Waals surface area (Å²) < 4.78 is 30.5. The van der Waals surface area contributed by atoms with Gasteiger partial charge in [0, 0.05) is 63.4 Å². The fourth-order valence-electron chi connectivity index (χ4n) is 9.02. The van der Waals surface area contributed by atoms with E-state index in [4.69, 9.17) is 34.5 Å². The van der Waals surface area contributed by atoms with E-state index in [2.05, 4.69) is 37.4 Å². The minimum atomic E-state index is -1.11. The predicted molar refractivity (Wildman–Crippen MR) is 272 cm³/mol. The fraction of sp³-hybridized carbons (Fsp3) is 0.396. The van der Waals surface area contributed by atoms with Gasteiger partial charge in [-0.1, -0.05) is 30.8 Å². The van der Waals surface area contributed by atoms with Crippen LogP contribution >= 0.6 is 0 Å². The number of hydrogen-bond donors (Lipinski definition) is 4. The van der Waals surface area contributed by atoms with Crippen molar-refractivity contribution in [1.29, 1.82) is 0 Å². The monoisotopic (exact) mass is 1030 g/mol. The molecule has 5 N–H and O–H groups in total. The van der Waals surface area contributed by atoms with Crippen molar-refractivity contribution in [3.63, 3.8) is 0 Å². The van der Waals surface area contributed by atoms with E-state index >= 15 is 0 Å². The van der Waals surface area contributed by atoms with Crippen LogP contribution in [0.2, 0.25) is 0 Å². The second-order valence-electron chi connectivity index (χ2n) is 18.0. The van der Waals surface area contributed by atoms with Gasteiger partial charge in [-0.25, -0.2) is 14.6 Å². The number of carbonyl (C=O) groups excluding carboxylic acids is 7. The molecule has 3 aromatic carbocycles. The highest BCUT2D eigenvalue weighted by Gasteiger charge is 2.46. The summed E-state index contributed by atoms with van der Waals surface area (Å²) in [6, 6.07) is 18.3. The molecule has 1 atom stereocenters. The van der Waals surface area contributed by atoms with Gasteiger partial charge in [0.25, 0.3) is 17.7 Å². The molecule has 0 radical (unpaired) electrons. The van der Waals surface area contributed by atoms with Crippen molar-refractivity contribution in [1.82, 2.24) is 45.5 Å². The maximum atomic E-state index is 13.2. The normalized spacial score (nSPS) is 15.9. The first-order chi connectivity index (χ1) is 36.5. The minimum absolute atomic E-state index is 0.00315. The first kappa shape index (κ1) is 53.4. The Bertz CT molecular complexity index is 2900. The van der Waals surface area contributed by atoms with Gasteiger partial charge >= 0.3 is 0 Å². The molecule has 6 amide bonds. The number of nitrogens with one attached hydrogen (secondary N) is 3. The van der Waals surface area contributed by atoms with Crippen molar-refractivity contribution in [2.45, 2.75) is 57.0 Å². The van der Waals surface area contributed by atoms with E-state index in [9.17, 15) is 33.6 Å².